The third-order valence-electron chi connectivity index (χ3n) is 1.35. The highest BCUT2D eigenvalue weighted by molar-refractivity contribution is 5.46. The second-order valence-electron chi connectivity index (χ2n) is 2.03. The normalized spacial score (nSPS) is 8.73. The van der Waals surface area contributed by atoms with Crippen molar-refractivity contribution in [3.63, 3.8) is 0 Å². The Morgan fingerprint density at radius 3 is 2.73 bits per heavy atom. The maximum Gasteiger partial charge on any atom is 0.160 e. The summed E-state index contributed by atoms with van der Waals surface area (Å²) < 4.78 is 4.83. The maximum absolute atomic E-state index is 9.20. The van der Waals surface area contributed by atoms with Gasteiger partial charge in [-0.1, -0.05) is 5.92 Å². The highest BCUT2D eigenvalue weighted by Crippen LogP contribution is 2.25. The van der Waals surface area contributed by atoms with Crippen LogP contribution >= 0.6 is 0 Å². The first-order valence-electron chi connectivity index (χ1n) is 3.11. The molecule has 0 amide bonds. The third-order valence-corrected chi connectivity index (χ3v) is 1.35. The Kier molecular flexibility index (Phi) is 2.03. The van der Waals surface area contributed by atoms with Gasteiger partial charge in [0.15, 0.2) is 11.5 Å². The van der Waals surface area contributed by atoms with Gasteiger partial charge in [-0.3, -0.25) is 0 Å². The molecule has 0 heterocycles. The maximum atomic E-state index is 9.20. The van der Waals surface area contributed by atoms with Gasteiger partial charge in [0.2, 0.25) is 0 Å². The third kappa shape index (κ3) is 1.44. The molecular formula is C9H8O2. The summed E-state index contributed by atoms with van der Waals surface area (Å²) in [5, 5.41) is 9.20. The van der Waals surface area contributed by atoms with Gasteiger partial charge < -0.3 is 9.84 Å². The molecule has 0 spiro atoms. The van der Waals surface area contributed by atoms with Crippen molar-refractivity contribution < 1.29 is 9.84 Å². The Balaban J connectivity index is 3.12. The quantitative estimate of drug-likeness (QED) is 0.610. The summed E-state index contributed by atoms with van der Waals surface area (Å²) in [7, 11) is 1.49. The lowest BCUT2D eigenvalue weighted by atomic mass is 10.2. The fourth-order valence-electron chi connectivity index (χ4n) is 0.780. The molecule has 11 heavy (non-hydrogen) atoms. The van der Waals surface area contributed by atoms with Crippen LogP contribution < -0.4 is 4.74 Å². The molecule has 0 saturated heterocycles. The Labute approximate surface area is 65.4 Å². The number of phenols is 1. The van der Waals surface area contributed by atoms with Gasteiger partial charge in [0.25, 0.3) is 0 Å². The van der Waals surface area contributed by atoms with Gasteiger partial charge in [-0.25, -0.2) is 0 Å². The highest BCUT2D eigenvalue weighted by atomic mass is 16.5. The van der Waals surface area contributed by atoms with Crippen LogP contribution in [0.4, 0.5) is 0 Å². The Hall–Kier alpha value is -1.62. The standard InChI is InChI=1S/C9H8O2/c1-3-7-4-5-9(11-2)8(10)6-7/h1,4-6,10H,2H3. The van der Waals surface area contributed by atoms with Crippen molar-refractivity contribution in [2.45, 2.75) is 0 Å². The first-order valence-corrected chi connectivity index (χ1v) is 3.11. The van der Waals surface area contributed by atoms with Crippen LogP contribution in [0.3, 0.4) is 0 Å². The lowest BCUT2D eigenvalue weighted by molar-refractivity contribution is 0.373. The van der Waals surface area contributed by atoms with Crippen LogP contribution in [0.5, 0.6) is 11.5 Å². The molecule has 1 N–H and O–H groups in total. The van der Waals surface area contributed by atoms with Gasteiger partial charge in [-0.15, -0.1) is 6.42 Å². The molecule has 1 rings (SSSR count). The summed E-state index contributed by atoms with van der Waals surface area (Å²) in [5.74, 6) is 2.91. The van der Waals surface area contributed by atoms with E-state index in [1.165, 1.54) is 13.2 Å². The van der Waals surface area contributed by atoms with Crippen molar-refractivity contribution in [3.05, 3.63) is 23.8 Å². The number of benzene rings is 1. The zero-order valence-electron chi connectivity index (χ0n) is 6.16. The average Bonchev–Trinajstić information content (AvgIpc) is 2.04. The van der Waals surface area contributed by atoms with Gasteiger partial charge in [-0.2, -0.15) is 0 Å². The molecule has 0 aliphatic heterocycles. The van der Waals surface area contributed by atoms with E-state index in [4.69, 9.17) is 11.2 Å². The fourth-order valence-corrected chi connectivity index (χ4v) is 0.780. The van der Waals surface area contributed by atoms with Crippen molar-refractivity contribution in [1.82, 2.24) is 0 Å². The number of hydrogen-bond donors (Lipinski definition) is 1. The first-order chi connectivity index (χ1) is 5.27. The van der Waals surface area contributed by atoms with Gasteiger partial charge in [0, 0.05) is 5.56 Å². The molecule has 0 saturated carbocycles. The zero-order valence-corrected chi connectivity index (χ0v) is 6.16. The molecule has 0 fully saturated rings. The van der Waals surface area contributed by atoms with Crippen LogP contribution in [-0.4, -0.2) is 12.2 Å². The highest BCUT2D eigenvalue weighted by Gasteiger charge is 1.99. The molecule has 0 aliphatic rings. The zero-order chi connectivity index (χ0) is 8.27. The second-order valence-corrected chi connectivity index (χ2v) is 2.03. The van der Waals surface area contributed by atoms with Crippen LogP contribution in [0.25, 0.3) is 0 Å². The number of phenolic OH excluding ortho intramolecular Hbond substituents is 1. The molecule has 56 valence electrons. The van der Waals surface area contributed by atoms with Gasteiger partial charge in [-0.05, 0) is 18.2 Å². The van der Waals surface area contributed by atoms with E-state index in [-0.39, 0.29) is 5.75 Å². The largest absolute Gasteiger partial charge is 0.504 e. The number of ether oxygens (including phenoxy) is 1. The van der Waals surface area contributed by atoms with Crippen molar-refractivity contribution in [2.24, 2.45) is 0 Å². The number of rotatable bonds is 1. The van der Waals surface area contributed by atoms with Crippen molar-refractivity contribution in [2.75, 3.05) is 7.11 Å². The molecule has 0 radical (unpaired) electrons. The van der Waals surface area contributed by atoms with Crippen LogP contribution in [0, 0.1) is 12.3 Å². The predicted molar refractivity (Wildman–Crippen MR) is 42.6 cm³/mol. The fraction of sp³-hybridized carbons (Fsp3) is 0.111. The van der Waals surface area contributed by atoms with Crippen LogP contribution in [-0.2, 0) is 0 Å². The van der Waals surface area contributed by atoms with Crippen molar-refractivity contribution in [1.29, 1.82) is 0 Å². The molecule has 2 heteroatoms. The summed E-state index contributed by atoms with van der Waals surface area (Å²) in [6.45, 7) is 0. The molecule has 0 atom stereocenters. The Morgan fingerprint density at radius 2 is 2.27 bits per heavy atom. The summed E-state index contributed by atoms with van der Waals surface area (Å²) in [6, 6.07) is 4.82. The van der Waals surface area contributed by atoms with Gasteiger partial charge >= 0.3 is 0 Å². The average molecular weight is 148 g/mol. The van der Waals surface area contributed by atoms with E-state index in [1.54, 1.807) is 12.1 Å². The van der Waals surface area contributed by atoms with E-state index in [1.807, 2.05) is 0 Å². The molecule has 0 aromatic heterocycles. The summed E-state index contributed by atoms with van der Waals surface area (Å²) in [6.07, 6.45) is 5.11. The van der Waals surface area contributed by atoms with Gasteiger partial charge in [0.1, 0.15) is 0 Å². The summed E-state index contributed by atoms with van der Waals surface area (Å²) in [5.41, 5.74) is 0.642. The number of hydrogen-bond acceptors (Lipinski definition) is 2. The van der Waals surface area contributed by atoms with E-state index >= 15 is 0 Å². The number of terminal acetylenes is 1. The SMILES string of the molecule is C#Cc1ccc(OC)c(O)c1. The molecular weight excluding hydrogens is 140 g/mol. The topological polar surface area (TPSA) is 29.5 Å². The van der Waals surface area contributed by atoms with Crippen LogP contribution in [0.2, 0.25) is 0 Å². The molecule has 0 unspecified atom stereocenters. The van der Waals surface area contributed by atoms with E-state index in [0.717, 1.165) is 0 Å². The van der Waals surface area contributed by atoms with Crippen LogP contribution in [0.15, 0.2) is 18.2 Å². The predicted octanol–water partition coefficient (Wildman–Crippen LogP) is 1.38. The second kappa shape index (κ2) is 2.98. The molecule has 0 aliphatic carbocycles. The van der Waals surface area contributed by atoms with E-state index < -0.39 is 0 Å². The molecule has 1 aromatic rings. The Bertz CT molecular complexity index is 297. The van der Waals surface area contributed by atoms with Gasteiger partial charge in [0.05, 0.1) is 7.11 Å². The summed E-state index contributed by atoms with van der Waals surface area (Å²) >= 11 is 0. The van der Waals surface area contributed by atoms with Crippen LogP contribution in [0.1, 0.15) is 5.56 Å². The van der Waals surface area contributed by atoms with E-state index in [9.17, 15) is 5.11 Å². The molecule has 2 nitrogen and oxygen atoms in total. The lowest BCUT2D eigenvalue weighted by Crippen LogP contribution is -1.83. The van der Waals surface area contributed by atoms with E-state index in [2.05, 4.69) is 5.92 Å². The minimum atomic E-state index is 0.0722. The van der Waals surface area contributed by atoms with Crippen molar-refractivity contribution in [3.8, 4) is 23.8 Å². The minimum Gasteiger partial charge on any atom is -0.504 e. The number of aromatic hydroxyl groups is 1. The molecule has 1 aromatic carbocycles. The summed E-state index contributed by atoms with van der Waals surface area (Å²) in [4.78, 5) is 0. The number of methoxy groups -OCH3 is 1. The smallest absolute Gasteiger partial charge is 0.160 e. The molecule has 0 bridgehead atoms. The van der Waals surface area contributed by atoms with E-state index in [0.29, 0.717) is 11.3 Å². The van der Waals surface area contributed by atoms with Crippen molar-refractivity contribution >= 4 is 0 Å². The lowest BCUT2D eigenvalue weighted by Gasteiger charge is -2.01. The minimum absolute atomic E-state index is 0.0722. The Morgan fingerprint density at radius 1 is 1.55 bits per heavy atom. The first kappa shape index (κ1) is 7.49. The monoisotopic (exact) mass is 148 g/mol.